The Kier molecular flexibility index (Phi) is 3.80. The molecule has 0 amide bonds. The molecule has 5 nitrogen and oxygen atoms in total. The number of hydrogen-bond acceptors (Lipinski definition) is 5. The summed E-state index contributed by atoms with van der Waals surface area (Å²) in [7, 11) is 0. The van der Waals surface area contributed by atoms with E-state index >= 15 is 0 Å². The smallest absolute Gasteiger partial charge is 0.159 e. The molecule has 5 heteroatoms. The number of hydrogen-bond donors (Lipinski definition) is 1. The highest BCUT2D eigenvalue weighted by Crippen LogP contribution is 2.12. The average molecular weight is 259 g/mol. The van der Waals surface area contributed by atoms with Crippen LogP contribution in [0.4, 0.5) is 0 Å². The van der Waals surface area contributed by atoms with Crippen molar-refractivity contribution in [3.8, 4) is 0 Å². The summed E-state index contributed by atoms with van der Waals surface area (Å²) in [4.78, 5) is 11.1. The van der Waals surface area contributed by atoms with Gasteiger partial charge in [0, 0.05) is 5.56 Å². The molecule has 1 aromatic carbocycles. The Bertz CT molecular complexity index is 543. The molecule has 0 saturated carbocycles. The monoisotopic (exact) mass is 259 g/mol. The van der Waals surface area contributed by atoms with Gasteiger partial charge in [0.2, 0.25) is 0 Å². The van der Waals surface area contributed by atoms with E-state index in [1.807, 2.05) is 0 Å². The van der Waals surface area contributed by atoms with E-state index in [-0.39, 0.29) is 17.9 Å². The summed E-state index contributed by atoms with van der Waals surface area (Å²) >= 11 is 0. The number of ketones is 1. The molecule has 0 spiro atoms. The molecule has 0 unspecified atom stereocenters. The minimum absolute atomic E-state index is 0.0315. The molecule has 1 aromatic heterocycles. The highest BCUT2D eigenvalue weighted by molar-refractivity contribution is 5.94. The number of furan rings is 1. The first-order valence-electron chi connectivity index (χ1n) is 5.79. The lowest BCUT2D eigenvalue weighted by Gasteiger charge is -2.49. The van der Waals surface area contributed by atoms with Crippen LogP contribution in [-0.2, 0) is 12.5 Å². The predicted molar refractivity (Wildman–Crippen MR) is 63.7 cm³/mol. The van der Waals surface area contributed by atoms with Gasteiger partial charge in [-0.3, -0.25) is 4.79 Å². The molecule has 1 N–H and O–H groups in total. The van der Waals surface area contributed by atoms with Crippen LogP contribution in [0.3, 0.4) is 0 Å². The minimum atomic E-state index is -2.68. The summed E-state index contributed by atoms with van der Waals surface area (Å²) in [6, 6.07) is 9.02. The zero-order valence-corrected chi connectivity index (χ0v) is 10.4. The molecule has 0 atom stereocenters. The molecule has 19 heavy (non-hydrogen) atoms. The molecule has 0 aliphatic heterocycles. The van der Waals surface area contributed by atoms with Crippen LogP contribution in [0.5, 0.6) is 0 Å². The SMILES string of the molecule is CC(=O)c1ccc(C([O-])([O-])NCc2ccco2)cc1. The number of carbonyl (C=O) groups excluding carboxylic acids is 1. The lowest BCUT2D eigenvalue weighted by molar-refractivity contribution is -0.745. The Hall–Kier alpha value is -1.95. The van der Waals surface area contributed by atoms with Gasteiger partial charge in [-0.05, 0) is 19.1 Å². The second kappa shape index (κ2) is 5.36. The molecule has 2 aromatic rings. The van der Waals surface area contributed by atoms with Crippen LogP contribution in [0, 0.1) is 0 Å². The van der Waals surface area contributed by atoms with Gasteiger partial charge in [-0.15, -0.1) is 5.91 Å². The van der Waals surface area contributed by atoms with E-state index in [1.54, 1.807) is 12.1 Å². The third-order valence-corrected chi connectivity index (χ3v) is 2.75. The van der Waals surface area contributed by atoms with Crippen LogP contribution < -0.4 is 15.5 Å². The van der Waals surface area contributed by atoms with Crippen molar-refractivity contribution in [2.24, 2.45) is 0 Å². The van der Waals surface area contributed by atoms with Crippen molar-refractivity contribution in [1.82, 2.24) is 5.32 Å². The summed E-state index contributed by atoms with van der Waals surface area (Å²) in [5.41, 5.74) is 0.495. The maximum Gasteiger partial charge on any atom is 0.159 e. The zero-order valence-electron chi connectivity index (χ0n) is 10.4. The second-order valence-electron chi connectivity index (χ2n) is 4.18. The van der Waals surface area contributed by atoms with Crippen molar-refractivity contribution in [2.75, 3.05) is 0 Å². The maximum absolute atomic E-state index is 11.9. The molecule has 2 rings (SSSR count). The van der Waals surface area contributed by atoms with E-state index in [4.69, 9.17) is 4.42 Å². The van der Waals surface area contributed by atoms with Crippen LogP contribution in [0.1, 0.15) is 28.6 Å². The van der Waals surface area contributed by atoms with Crippen molar-refractivity contribution in [1.29, 1.82) is 0 Å². The van der Waals surface area contributed by atoms with Crippen molar-refractivity contribution < 1.29 is 19.4 Å². The van der Waals surface area contributed by atoms with Gasteiger partial charge in [-0.1, -0.05) is 29.8 Å². The maximum atomic E-state index is 11.9. The van der Waals surface area contributed by atoms with Gasteiger partial charge in [0.25, 0.3) is 0 Å². The average Bonchev–Trinajstić information content (AvgIpc) is 2.90. The van der Waals surface area contributed by atoms with Crippen LogP contribution in [-0.4, -0.2) is 5.78 Å². The number of nitrogens with one attached hydrogen (secondary N) is 1. The number of Topliss-reactive ketones (excluding diaryl/α,β-unsaturated/α-hetero) is 1. The third-order valence-electron chi connectivity index (χ3n) is 2.75. The fourth-order valence-electron chi connectivity index (χ4n) is 1.64. The molecule has 0 radical (unpaired) electrons. The molecule has 100 valence electrons. The molecule has 0 fully saturated rings. The van der Waals surface area contributed by atoms with Gasteiger partial charge >= 0.3 is 0 Å². The second-order valence-corrected chi connectivity index (χ2v) is 4.18. The van der Waals surface area contributed by atoms with Gasteiger partial charge in [0.05, 0.1) is 12.8 Å². The van der Waals surface area contributed by atoms with E-state index in [0.717, 1.165) is 0 Å². The Morgan fingerprint density at radius 2 is 1.95 bits per heavy atom. The van der Waals surface area contributed by atoms with Crippen molar-refractivity contribution in [2.45, 2.75) is 19.4 Å². The van der Waals surface area contributed by atoms with E-state index < -0.39 is 5.91 Å². The molecule has 1 heterocycles. The van der Waals surface area contributed by atoms with Crippen LogP contribution >= 0.6 is 0 Å². The van der Waals surface area contributed by atoms with Gasteiger partial charge in [-0.25, -0.2) is 0 Å². The van der Waals surface area contributed by atoms with Gasteiger partial charge in [-0.2, -0.15) is 0 Å². The first-order valence-corrected chi connectivity index (χ1v) is 5.79. The van der Waals surface area contributed by atoms with Gasteiger partial charge in [0.1, 0.15) is 5.76 Å². The summed E-state index contributed by atoms with van der Waals surface area (Å²) in [6.45, 7) is 1.47. The first kappa shape index (κ1) is 13.5. The number of rotatable bonds is 5. The van der Waals surface area contributed by atoms with Crippen molar-refractivity contribution in [3.05, 3.63) is 59.5 Å². The van der Waals surface area contributed by atoms with Gasteiger partial charge < -0.3 is 19.9 Å². The Morgan fingerprint density at radius 3 is 2.47 bits per heavy atom. The highest BCUT2D eigenvalue weighted by Gasteiger charge is 2.07. The summed E-state index contributed by atoms with van der Waals surface area (Å²) in [6.07, 6.45) is 1.47. The van der Waals surface area contributed by atoms with Crippen LogP contribution in [0.25, 0.3) is 0 Å². The summed E-state index contributed by atoms with van der Waals surface area (Å²) < 4.78 is 5.03. The first-order chi connectivity index (χ1) is 8.99. The van der Waals surface area contributed by atoms with E-state index in [1.165, 1.54) is 37.5 Å². The van der Waals surface area contributed by atoms with E-state index in [0.29, 0.717) is 11.3 Å². The molecule has 0 bridgehead atoms. The van der Waals surface area contributed by atoms with Crippen molar-refractivity contribution in [3.63, 3.8) is 0 Å². The lowest BCUT2D eigenvalue weighted by atomic mass is 10.1. The fourth-order valence-corrected chi connectivity index (χ4v) is 1.64. The summed E-state index contributed by atoms with van der Waals surface area (Å²) in [5, 5.41) is 26.1. The number of benzene rings is 1. The Labute approximate surface area is 110 Å². The predicted octanol–water partition coefficient (Wildman–Crippen LogP) is 0.103. The topological polar surface area (TPSA) is 88.4 Å². The van der Waals surface area contributed by atoms with Crippen LogP contribution in [0.15, 0.2) is 47.1 Å². The fraction of sp³-hybridized carbons (Fsp3) is 0.214. The van der Waals surface area contributed by atoms with E-state index in [9.17, 15) is 15.0 Å². The van der Waals surface area contributed by atoms with Gasteiger partial charge in [0.15, 0.2) is 5.78 Å². The molecule has 0 saturated heterocycles. The molecular weight excluding hydrogens is 246 g/mol. The summed E-state index contributed by atoms with van der Waals surface area (Å²) in [5.74, 6) is -2.28. The zero-order chi connectivity index (χ0) is 13.9. The standard InChI is InChI=1S/C14H13NO4/c1-10(16)11-4-6-12(7-5-11)14(17,18)15-9-13-3-2-8-19-13/h2-8,15H,9H2,1H3/q-2. The third kappa shape index (κ3) is 3.29. The largest absolute Gasteiger partial charge is 0.848 e. The van der Waals surface area contributed by atoms with Crippen LogP contribution in [0.2, 0.25) is 0 Å². The Balaban J connectivity index is 2.07. The van der Waals surface area contributed by atoms with E-state index in [2.05, 4.69) is 5.32 Å². The molecule has 0 aliphatic rings. The molecule has 0 aliphatic carbocycles. The van der Waals surface area contributed by atoms with Crippen molar-refractivity contribution >= 4 is 5.78 Å². The molecular formula is C14H13NO4-2. The normalized spacial score (nSPS) is 11.5. The minimum Gasteiger partial charge on any atom is -0.848 e. The number of carbonyl (C=O) groups is 1. The quantitative estimate of drug-likeness (QED) is 0.608. The highest BCUT2D eigenvalue weighted by atomic mass is 16.5. The Morgan fingerprint density at radius 1 is 1.26 bits per heavy atom. The lowest BCUT2D eigenvalue weighted by Crippen LogP contribution is -2.63.